The number of amides is 2. The highest BCUT2D eigenvalue weighted by atomic mass is 16.5. The minimum atomic E-state index is -0.109. The van der Waals surface area contributed by atoms with E-state index in [4.69, 9.17) is 4.74 Å². The first-order valence-corrected chi connectivity index (χ1v) is 7.04. The number of carbonyl (C=O) groups is 2. The lowest BCUT2D eigenvalue weighted by molar-refractivity contribution is -0.164. The lowest BCUT2D eigenvalue weighted by atomic mass is 9.79. The van der Waals surface area contributed by atoms with E-state index in [1.165, 1.54) is 12.6 Å². The zero-order valence-electron chi connectivity index (χ0n) is 12.1. The summed E-state index contributed by atoms with van der Waals surface area (Å²) in [5, 5.41) is 2.46. The molecule has 1 N–H and O–H groups in total. The van der Waals surface area contributed by atoms with E-state index in [0.717, 1.165) is 18.4 Å². The summed E-state index contributed by atoms with van der Waals surface area (Å²) in [6.07, 6.45) is 7.06. The lowest BCUT2D eigenvalue weighted by Crippen LogP contribution is -2.57. The van der Waals surface area contributed by atoms with Crippen LogP contribution >= 0.6 is 0 Å². The molecule has 0 aromatic carbocycles. The van der Waals surface area contributed by atoms with Crippen molar-refractivity contribution in [1.82, 2.24) is 10.2 Å². The van der Waals surface area contributed by atoms with Crippen molar-refractivity contribution in [3.8, 4) is 0 Å². The molecule has 1 saturated heterocycles. The first-order valence-electron chi connectivity index (χ1n) is 7.04. The molecule has 1 aliphatic carbocycles. The van der Waals surface area contributed by atoms with E-state index in [2.05, 4.69) is 5.32 Å². The first kappa shape index (κ1) is 14.8. The minimum absolute atomic E-state index is 0.0462. The molecule has 2 rings (SSSR count). The van der Waals surface area contributed by atoms with E-state index < -0.39 is 0 Å². The number of rotatable bonds is 4. The van der Waals surface area contributed by atoms with E-state index in [1.54, 1.807) is 6.08 Å². The zero-order valence-corrected chi connectivity index (χ0v) is 12.1. The van der Waals surface area contributed by atoms with E-state index in [1.807, 2.05) is 18.7 Å². The number of carbonyl (C=O) groups excluding carboxylic acids is 2. The summed E-state index contributed by atoms with van der Waals surface area (Å²) >= 11 is 0. The van der Waals surface area contributed by atoms with Crippen LogP contribution in [-0.4, -0.2) is 42.5 Å². The van der Waals surface area contributed by atoms with Crippen molar-refractivity contribution in [3.63, 3.8) is 0 Å². The molecule has 0 unspecified atom stereocenters. The van der Waals surface area contributed by atoms with Gasteiger partial charge in [-0.15, -0.1) is 0 Å². The third-order valence-corrected chi connectivity index (χ3v) is 3.80. The predicted molar refractivity (Wildman–Crippen MR) is 75.8 cm³/mol. The molecule has 5 heteroatoms. The van der Waals surface area contributed by atoms with Gasteiger partial charge in [-0.3, -0.25) is 9.59 Å². The molecule has 0 bridgehead atoms. The normalized spacial score (nSPS) is 21.1. The Labute approximate surface area is 119 Å². The minimum Gasteiger partial charge on any atom is -0.371 e. The van der Waals surface area contributed by atoms with Crippen LogP contribution in [0.25, 0.3) is 0 Å². The highest BCUT2D eigenvalue weighted by Gasteiger charge is 2.43. The molecule has 1 heterocycles. The molecule has 5 nitrogen and oxygen atoms in total. The Morgan fingerprint density at radius 3 is 2.65 bits per heavy atom. The Morgan fingerprint density at radius 2 is 2.10 bits per heavy atom. The highest BCUT2D eigenvalue weighted by Crippen LogP contribution is 2.38. The van der Waals surface area contributed by atoms with Gasteiger partial charge in [0.25, 0.3) is 5.91 Å². The van der Waals surface area contributed by atoms with Crippen LogP contribution < -0.4 is 5.32 Å². The second-order valence-corrected chi connectivity index (χ2v) is 5.72. The van der Waals surface area contributed by atoms with Crippen LogP contribution in [0.2, 0.25) is 0 Å². The van der Waals surface area contributed by atoms with Crippen molar-refractivity contribution in [3.05, 3.63) is 23.4 Å². The average Bonchev–Trinajstić information content (AvgIpc) is 2.40. The van der Waals surface area contributed by atoms with Gasteiger partial charge in [-0.2, -0.15) is 0 Å². The second kappa shape index (κ2) is 6.22. The first-order chi connectivity index (χ1) is 9.56. The third kappa shape index (κ3) is 3.28. The van der Waals surface area contributed by atoms with E-state index in [9.17, 15) is 9.59 Å². The molecule has 110 valence electrons. The predicted octanol–water partition coefficient (Wildman–Crippen LogP) is 1.36. The zero-order chi connectivity index (χ0) is 14.6. The summed E-state index contributed by atoms with van der Waals surface area (Å²) in [5.41, 5.74) is 1.42. The standard InChI is InChI=1S/C15H22N2O3/c1-12(2)8-13(9-16-11-18)14(19)17-6-7-20-15(10-17)4-3-5-15/h8-9,11H,3-7,10H2,1-2H3,(H,16,18)/b13-9+. The fraction of sp³-hybridized carbons (Fsp3) is 0.600. The fourth-order valence-electron chi connectivity index (χ4n) is 2.67. The van der Waals surface area contributed by atoms with Gasteiger partial charge in [0.05, 0.1) is 24.3 Å². The van der Waals surface area contributed by atoms with Gasteiger partial charge < -0.3 is 15.0 Å². The topological polar surface area (TPSA) is 58.6 Å². The SMILES string of the molecule is CC(C)=C/C(=C\NC=O)C(=O)N1CCOC2(CCC2)C1. The Morgan fingerprint density at radius 1 is 1.35 bits per heavy atom. The van der Waals surface area contributed by atoms with Crippen LogP contribution in [0.4, 0.5) is 0 Å². The molecule has 2 aliphatic rings. The van der Waals surface area contributed by atoms with Gasteiger partial charge in [0.15, 0.2) is 0 Å². The number of ether oxygens (including phenoxy) is 1. The Hall–Kier alpha value is -1.62. The number of hydrogen-bond acceptors (Lipinski definition) is 3. The molecule has 0 radical (unpaired) electrons. The summed E-state index contributed by atoms with van der Waals surface area (Å²) in [7, 11) is 0. The van der Waals surface area contributed by atoms with E-state index >= 15 is 0 Å². The maximum Gasteiger partial charge on any atom is 0.255 e. The van der Waals surface area contributed by atoms with E-state index in [0.29, 0.717) is 31.7 Å². The third-order valence-electron chi connectivity index (χ3n) is 3.80. The average molecular weight is 278 g/mol. The summed E-state index contributed by atoms with van der Waals surface area (Å²) < 4.78 is 5.82. The van der Waals surface area contributed by atoms with Crippen LogP contribution in [0.15, 0.2) is 23.4 Å². The monoisotopic (exact) mass is 278 g/mol. The maximum atomic E-state index is 12.6. The van der Waals surface area contributed by atoms with Crippen LogP contribution in [0.1, 0.15) is 33.1 Å². The molecule has 1 spiro atoms. The molecule has 1 saturated carbocycles. The number of nitrogens with one attached hydrogen (secondary N) is 1. The van der Waals surface area contributed by atoms with Gasteiger partial charge in [-0.25, -0.2) is 0 Å². The molecular formula is C15H22N2O3. The van der Waals surface area contributed by atoms with Gasteiger partial charge in [-0.05, 0) is 39.2 Å². The quantitative estimate of drug-likeness (QED) is 0.480. The summed E-state index contributed by atoms with van der Waals surface area (Å²) in [4.78, 5) is 24.8. The van der Waals surface area contributed by atoms with Crippen molar-refractivity contribution in [2.24, 2.45) is 0 Å². The molecule has 0 aromatic rings. The lowest BCUT2D eigenvalue weighted by Gasteiger charge is -2.48. The van der Waals surface area contributed by atoms with Crippen molar-refractivity contribution in [2.75, 3.05) is 19.7 Å². The van der Waals surface area contributed by atoms with Gasteiger partial charge in [-0.1, -0.05) is 5.57 Å². The summed E-state index contributed by atoms with van der Waals surface area (Å²) in [6, 6.07) is 0. The van der Waals surface area contributed by atoms with E-state index in [-0.39, 0.29) is 11.5 Å². The summed E-state index contributed by atoms with van der Waals surface area (Å²) in [6.45, 7) is 5.70. The molecule has 2 amide bonds. The smallest absolute Gasteiger partial charge is 0.255 e. The fourth-order valence-corrected chi connectivity index (χ4v) is 2.67. The highest BCUT2D eigenvalue weighted by molar-refractivity contribution is 5.96. The molecule has 20 heavy (non-hydrogen) atoms. The number of nitrogens with zero attached hydrogens (tertiary/aromatic N) is 1. The largest absolute Gasteiger partial charge is 0.371 e. The second-order valence-electron chi connectivity index (χ2n) is 5.72. The Balaban J connectivity index is 2.10. The van der Waals surface area contributed by atoms with Crippen LogP contribution in [0.3, 0.4) is 0 Å². The van der Waals surface area contributed by atoms with Crippen molar-refractivity contribution < 1.29 is 14.3 Å². The number of hydrogen-bond donors (Lipinski definition) is 1. The molecule has 1 aliphatic heterocycles. The van der Waals surface area contributed by atoms with Crippen LogP contribution in [0.5, 0.6) is 0 Å². The number of allylic oxidation sites excluding steroid dienone is 1. The Bertz CT molecular complexity index is 446. The van der Waals surface area contributed by atoms with Gasteiger partial charge >= 0.3 is 0 Å². The molecular weight excluding hydrogens is 256 g/mol. The van der Waals surface area contributed by atoms with Gasteiger partial charge in [0.2, 0.25) is 6.41 Å². The maximum absolute atomic E-state index is 12.6. The van der Waals surface area contributed by atoms with Crippen molar-refractivity contribution >= 4 is 12.3 Å². The summed E-state index contributed by atoms with van der Waals surface area (Å²) in [5.74, 6) is -0.0462. The van der Waals surface area contributed by atoms with Crippen molar-refractivity contribution in [1.29, 1.82) is 0 Å². The molecule has 0 aromatic heterocycles. The van der Waals surface area contributed by atoms with Crippen molar-refractivity contribution in [2.45, 2.75) is 38.7 Å². The number of morpholine rings is 1. The molecule has 2 fully saturated rings. The van der Waals surface area contributed by atoms with Gasteiger partial charge in [0.1, 0.15) is 0 Å². The van der Waals surface area contributed by atoms with Crippen LogP contribution in [-0.2, 0) is 14.3 Å². The molecule has 0 atom stereocenters. The van der Waals surface area contributed by atoms with Gasteiger partial charge in [0, 0.05) is 12.7 Å². The Kier molecular flexibility index (Phi) is 4.60. The van der Waals surface area contributed by atoms with Crippen LogP contribution in [0, 0.1) is 0 Å².